The Balaban J connectivity index is 1.52. The largest absolute Gasteiger partial charge is 0.340 e. The molecule has 124 valence electrons. The van der Waals surface area contributed by atoms with Crippen LogP contribution in [0.25, 0.3) is 0 Å². The molecule has 8 heteroatoms. The zero-order valence-corrected chi connectivity index (χ0v) is 14.3. The van der Waals surface area contributed by atoms with Crippen molar-refractivity contribution in [2.45, 2.75) is 33.2 Å². The lowest BCUT2D eigenvalue weighted by Crippen LogP contribution is -2.48. The van der Waals surface area contributed by atoms with Crippen molar-refractivity contribution in [2.24, 2.45) is 0 Å². The topological polar surface area (TPSA) is 75.4 Å². The molecule has 7 nitrogen and oxygen atoms in total. The van der Waals surface area contributed by atoms with Crippen LogP contribution in [-0.2, 0) is 13.0 Å². The Morgan fingerprint density at radius 1 is 1.30 bits per heavy atom. The Hall–Kier alpha value is -1.80. The van der Waals surface area contributed by atoms with Gasteiger partial charge in [0, 0.05) is 38.5 Å². The molecular weight excluding hydrogens is 314 g/mol. The summed E-state index contributed by atoms with van der Waals surface area (Å²) in [6.45, 7) is 7.60. The second-order valence-electron chi connectivity index (χ2n) is 5.67. The molecule has 0 saturated carbocycles. The minimum absolute atomic E-state index is 0.0404. The SMILES string of the molecule is CCCc1nc(C(=O)N2CCN(Cc3noc(C)n3)CC2)cs1. The van der Waals surface area contributed by atoms with Gasteiger partial charge in [-0.1, -0.05) is 12.1 Å². The number of aryl methyl sites for hydroxylation is 2. The smallest absolute Gasteiger partial charge is 0.273 e. The van der Waals surface area contributed by atoms with E-state index < -0.39 is 0 Å². The third-order valence-electron chi connectivity index (χ3n) is 3.83. The van der Waals surface area contributed by atoms with Crippen LogP contribution in [0.15, 0.2) is 9.90 Å². The van der Waals surface area contributed by atoms with Crippen LogP contribution in [0, 0.1) is 6.92 Å². The molecule has 2 aromatic rings. The van der Waals surface area contributed by atoms with Gasteiger partial charge in [0.25, 0.3) is 5.91 Å². The monoisotopic (exact) mass is 335 g/mol. The van der Waals surface area contributed by atoms with E-state index in [1.165, 1.54) is 0 Å². The summed E-state index contributed by atoms with van der Waals surface area (Å²) in [5.74, 6) is 1.32. The van der Waals surface area contributed by atoms with Crippen molar-refractivity contribution in [3.05, 3.63) is 27.8 Å². The summed E-state index contributed by atoms with van der Waals surface area (Å²) in [5.41, 5.74) is 0.584. The van der Waals surface area contributed by atoms with Crippen molar-refractivity contribution < 1.29 is 9.32 Å². The lowest BCUT2D eigenvalue weighted by Gasteiger charge is -2.33. The first kappa shape index (κ1) is 16.1. The maximum absolute atomic E-state index is 12.5. The Labute approximate surface area is 139 Å². The van der Waals surface area contributed by atoms with E-state index >= 15 is 0 Å². The van der Waals surface area contributed by atoms with Gasteiger partial charge in [-0.3, -0.25) is 9.69 Å². The molecule has 1 aliphatic rings. The van der Waals surface area contributed by atoms with Gasteiger partial charge in [-0.25, -0.2) is 4.98 Å². The predicted octanol–water partition coefficient (Wildman–Crippen LogP) is 1.75. The molecule has 1 aliphatic heterocycles. The maximum atomic E-state index is 12.5. The van der Waals surface area contributed by atoms with Crippen molar-refractivity contribution in [1.29, 1.82) is 0 Å². The van der Waals surface area contributed by atoms with Crippen LogP contribution in [0.4, 0.5) is 0 Å². The fraction of sp³-hybridized carbons (Fsp3) is 0.600. The van der Waals surface area contributed by atoms with E-state index in [-0.39, 0.29) is 5.91 Å². The third-order valence-corrected chi connectivity index (χ3v) is 4.74. The first-order chi connectivity index (χ1) is 11.2. The highest BCUT2D eigenvalue weighted by molar-refractivity contribution is 7.09. The molecule has 3 heterocycles. The Kier molecular flexibility index (Phi) is 5.02. The van der Waals surface area contributed by atoms with E-state index in [0.717, 1.165) is 30.9 Å². The van der Waals surface area contributed by atoms with Gasteiger partial charge < -0.3 is 9.42 Å². The molecule has 3 rings (SSSR count). The highest BCUT2D eigenvalue weighted by Crippen LogP contribution is 2.15. The molecule has 1 saturated heterocycles. The standard InChI is InChI=1S/C15H21N5O2S/c1-3-4-14-17-12(10-23-14)15(21)20-7-5-19(6-8-20)9-13-16-11(2)22-18-13/h10H,3-9H2,1-2H3. The first-order valence-corrected chi connectivity index (χ1v) is 8.79. The lowest BCUT2D eigenvalue weighted by atomic mass is 10.3. The van der Waals surface area contributed by atoms with Gasteiger partial charge in [-0.2, -0.15) is 4.98 Å². The molecule has 0 N–H and O–H groups in total. The van der Waals surface area contributed by atoms with Crippen molar-refractivity contribution >= 4 is 17.2 Å². The van der Waals surface area contributed by atoms with Crippen molar-refractivity contribution in [3.8, 4) is 0 Å². The fourth-order valence-corrected chi connectivity index (χ4v) is 3.49. The number of aromatic nitrogens is 3. The molecule has 0 aromatic carbocycles. The number of hydrogen-bond donors (Lipinski definition) is 0. The minimum Gasteiger partial charge on any atom is -0.340 e. The Morgan fingerprint density at radius 2 is 2.09 bits per heavy atom. The quantitative estimate of drug-likeness (QED) is 0.828. The van der Waals surface area contributed by atoms with E-state index in [2.05, 4.69) is 26.9 Å². The molecule has 0 bridgehead atoms. The molecule has 2 aromatic heterocycles. The van der Waals surface area contributed by atoms with Crippen LogP contribution in [0.3, 0.4) is 0 Å². The van der Waals surface area contributed by atoms with E-state index in [1.807, 2.05) is 10.3 Å². The summed E-state index contributed by atoms with van der Waals surface area (Å²) in [7, 11) is 0. The van der Waals surface area contributed by atoms with E-state index in [1.54, 1.807) is 18.3 Å². The van der Waals surface area contributed by atoms with E-state index in [4.69, 9.17) is 4.52 Å². The molecule has 0 unspecified atom stereocenters. The summed E-state index contributed by atoms with van der Waals surface area (Å²) in [6.07, 6.45) is 1.99. The Morgan fingerprint density at radius 3 is 2.74 bits per heavy atom. The zero-order chi connectivity index (χ0) is 16.2. The average Bonchev–Trinajstić information content (AvgIpc) is 3.17. The number of carbonyl (C=O) groups is 1. The second kappa shape index (κ2) is 7.18. The Bertz CT molecular complexity index is 660. The van der Waals surface area contributed by atoms with Crippen molar-refractivity contribution in [2.75, 3.05) is 26.2 Å². The summed E-state index contributed by atoms with van der Waals surface area (Å²) < 4.78 is 4.99. The number of carbonyl (C=O) groups excluding carboxylic acids is 1. The van der Waals surface area contributed by atoms with Gasteiger partial charge >= 0.3 is 0 Å². The van der Waals surface area contributed by atoms with Crippen LogP contribution < -0.4 is 0 Å². The van der Waals surface area contributed by atoms with Gasteiger partial charge in [0.1, 0.15) is 5.69 Å². The summed E-state index contributed by atoms with van der Waals surface area (Å²) in [4.78, 5) is 25.3. The zero-order valence-electron chi connectivity index (χ0n) is 13.5. The van der Waals surface area contributed by atoms with Gasteiger partial charge in [-0.15, -0.1) is 11.3 Å². The van der Waals surface area contributed by atoms with Crippen LogP contribution in [0.1, 0.15) is 40.6 Å². The van der Waals surface area contributed by atoms with Gasteiger partial charge in [0.2, 0.25) is 5.89 Å². The molecule has 0 atom stereocenters. The van der Waals surface area contributed by atoms with Gasteiger partial charge in [0.15, 0.2) is 5.82 Å². The van der Waals surface area contributed by atoms with Crippen LogP contribution in [-0.4, -0.2) is 57.0 Å². The van der Waals surface area contributed by atoms with Crippen molar-refractivity contribution in [3.63, 3.8) is 0 Å². The molecule has 1 fully saturated rings. The van der Waals surface area contributed by atoms with Crippen LogP contribution in [0.2, 0.25) is 0 Å². The summed E-state index contributed by atoms with van der Waals surface area (Å²) in [5, 5.41) is 6.84. The highest BCUT2D eigenvalue weighted by atomic mass is 32.1. The molecule has 0 radical (unpaired) electrons. The maximum Gasteiger partial charge on any atom is 0.273 e. The first-order valence-electron chi connectivity index (χ1n) is 7.91. The molecule has 1 amide bonds. The molecule has 23 heavy (non-hydrogen) atoms. The number of piperazine rings is 1. The third kappa shape index (κ3) is 3.94. The average molecular weight is 335 g/mol. The van der Waals surface area contributed by atoms with Crippen LogP contribution >= 0.6 is 11.3 Å². The summed E-state index contributed by atoms with van der Waals surface area (Å²) in [6, 6.07) is 0. The van der Waals surface area contributed by atoms with E-state index in [0.29, 0.717) is 37.0 Å². The molecular formula is C15H21N5O2S. The number of hydrogen-bond acceptors (Lipinski definition) is 7. The predicted molar refractivity (Wildman–Crippen MR) is 86.3 cm³/mol. The van der Waals surface area contributed by atoms with Crippen LogP contribution in [0.5, 0.6) is 0 Å². The van der Waals surface area contributed by atoms with Gasteiger partial charge in [-0.05, 0) is 12.8 Å². The van der Waals surface area contributed by atoms with Crippen molar-refractivity contribution in [1.82, 2.24) is 24.9 Å². The number of rotatable bonds is 5. The lowest BCUT2D eigenvalue weighted by molar-refractivity contribution is 0.0619. The van der Waals surface area contributed by atoms with Gasteiger partial charge in [0.05, 0.1) is 11.6 Å². The molecule has 0 aliphatic carbocycles. The van der Waals surface area contributed by atoms with E-state index in [9.17, 15) is 4.79 Å². The second-order valence-corrected chi connectivity index (χ2v) is 6.62. The normalized spacial score (nSPS) is 16.0. The number of amides is 1. The minimum atomic E-state index is 0.0404. The number of thiazole rings is 1. The fourth-order valence-electron chi connectivity index (χ4n) is 2.61. The molecule has 0 spiro atoms. The summed E-state index contributed by atoms with van der Waals surface area (Å²) >= 11 is 1.58. The number of nitrogens with zero attached hydrogens (tertiary/aromatic N) is 5. The highest BCUT2D eigenvalue weighted by Gasteiger charge is 2.24.